The molecule has 5 aromatic carbocycles. The van der Waals surface area contributed by atoms with Gasteiger partial charge in [0.2, 0.25) is 11.2 Å². The first-order valence-electron chi connectivity index (χ1n) is 12.1. The van der Waals surface area contributed by atoms with Gasteiger partial charge in [-0.25, -0.2) is 0 Å². The number of nitrogens with zero attached hydrogens (tertiary/aromatic N) is 2. The molecular weight excluding hydrogens is 424 g/mol. The molecule has 166 valence electrons. The average molecular weight is 450 g/mol. The Morgan fingerprint density at radius 2 is 1.11 bits per heavy atom. The minimum absolute atomic E-state index is 1.21. The summed E-state index contributed by atoms with van der Waals surface area (Å²) in [5, 5.41) is 6.34. The van der Waals surface area contributed by atoms with Crippen molar-refractivity contribution < 1.29 is 4.57 Å². The molecule has 0 N–H and O–H groups in total. The van der Waals surface area contributed by atoms with Crippen molar-refractivity contribution in [1.29, 1.82) is 0 Å². The Labute approximate surface area is 204 Å². The molecule has 0 atom stereocenters. The topological polar surface area (TPSA) is 8.81 Å². The fourth-order valence-electron chi connectivity index (χ4n) is 5.67. The number of aromatic nitrogens is 2. The number of benzene rings is 5. The summed E-state index contributed by atoms with van der Waals surface area (Å²) >= 11 is 0. The van der Waals surface area contributed by atoms with Crippen LogP contribution in [0.3, 0.4) is 0 Å². The predicted molar refractivity (Wildman–Crippen MR) is 147 cm³/mol. The molecule has 2 heteroatoms. The highest BCUT2D eigenvalue weighted by molar-refractivity contribution is 6.10. The van der Waals surface area contributed by atoms with Crippen molar-refractivity contribution >= 4 is 43.5 Å². The summed E-state index contributed by atoms with van der Waals surface area (Å²) in [6, 6.07) is 41.8. The number of pyridine rings is 1. The van der Waals surface area contributed by atoms with Crippen LogP contribution < -0.4 is 4.57 Å². The van der Waals surface area contributed by atoms with E-state index in [0.717, 1.165) is 0 Å². The standard InChI is InChI=1S/C33H25N2/c1-22-19-23-11-3-4-12-24(23)20-28(22)32-21-33(27-15-7-8-16-29(27)34(32)2)35-30-17-9-5-13-25(30)26-14-6-10-18-31(26)35/h3-21H,1-2H3/q+1. The number of hydrogen-bond acceptors (Lipinski definition) is 0. The first kappa shape index (κ1) is 20.0. The molecule has 35 heavy (non-hydrogen) atoms. The van der Waals surface area contributed by atoms with E-state index in [4.69, 9.17) is 0 Å². The van der Waals surface area contributed by atoms with Gasteiger partial charge in [0.05, 0.1) is 22.1 Å². The Morgan fingerprint density at radius 3 is 1.80 bits per heavy atom. The van der Waals surface area contributed by atoms with Gasteiger partial charge in [0, 0.05) is 28.5 Å². The van der Waals surface area contributed by atoms with Crippen LogP contribution >= 0.6 is 0 Å². The predicted octanol–water partition coefficient (Wildman–Crippen LogP) is 7.89. The van der Waals surface area contributed by atoms with Crippen molar-refractivity contribution in [2.45, 2.75) is 6.92 Å². The normalized spacial score (nSPS) is 11.7. The molecule has 7 aromatic rings. The number of hydrogen-bond donors (Lipinski definition) is 0. The zero-order valence-electron chi connectivity index (χ0n) is 19.9. The van der Waals surface area contributed by atoms with Gasteiger partial charge < -0.3 is 4.57 Å². The molecule has 0 bridgehead atoms. The lowest BCUT2D eigenvalue weighted by Gasteiger charge is -2.14. The van der Waals surface area contributed by atoms with Crippen LogP contribution in [0.4, 0.5) is 0 Å². The quantitative estimate of drug-likeness (QED) is 0.237. The Balaban J connectivity index is 1.64. The Bertz CT molecular complexity index is 1870. The maximum atomic E-state index is 2.44. The van der Waals surface area contributed by atoms with E-state index in [9.17, 15) is 0 Å². The van der Waals surface area contributed by atoms with Gasteiger partial charge in [-0.15, -0.1) is 0 Å². The number of aryl methyl sites for hydroxylation is 2. The zero-order chi connectivity index (χ0) is 23.5. The van der Waals surface area contributed by atoms with Crippen LogP contribution in [0.2, 0.25) is 0 Å². The molecule has 0 aliphatic heterocycles. The van der Waals surface area contributed by atoms with Crippen LogP contribution in [0.25, 0.3) is 60.4 Å². The zero-order valence-corrected chi connectivity index (χ0v) is 19.9. The third-order valence-corrected chi connectivity index (χ3v) is 7.37. The fraction of sp³-hybridized carbons (Fsp3) is 0.0606. The molecule has 0 fully saturated rings. The summed E-state index contributed by atoms with van der Waals surface area (Å²) in [4.78, 5) is 0. The lowest BCUT2D eigenvalue weighted by molar-refractivity contribution is -0.633. The summed E-state index contributed by atoms with van der Waals surface area (Å²) in [5.41, 5.74) is 8.64. The molecule has 0 aliphatic rings. The van der Waals surface area contributed by atoms with Gasteiger partial charge in [-0.1, -0.05) is 78.9 Å². The van der Waals surface area contributed by atoms with Gasteiger partial charge in [0.1, 0.15) is 7.05 Å². The van der Waals surface area contributed by atoms with Crippen molar-refractivity contribution in [3.8, 4) is 16.9 Å². The number of rotatable bonds is 2. The molecule has 0 amide bonds. The minimum atomic E-state index is 1.21. The molecule has 0 saturated heterocycles. The van der Waals surface area contributed by atoms with Gasteiger partial charge in [-0.3, -0.25) is 0 Å². The van der Waals surface area contributed by atoms with Gasteiger partial charge in [0.15, 0.2) is 0 Å². The van der Waals surface area contributed by atoms with Crippen LogP contribution in [-0.2, 0) is 7.05 Å². The highest BCUT2D eigenvalue weighted by Crippen LogP contribution is 2.36. The lowest BCUT2D eigenvalue weighted by atomic mass is 9.98. The summed E-state index contributed by atoms with van der Waals surface area (Å²) < 4.78 is 4.77. The fourth-order valence-corrected chi connectivity index (χ4v) is 5.67. The second kappa shape index (κ2) is 7.54. The van der Waals surface area contributed by atoms with Crippen LogP contribution in [0.5, 0.6) is 0 Å². The molecule has 0 radical (unpaired) electrons. The Hall–Kier alpha value is -4.43. The molecule has 0 saturated carbocycles. The van der Waals surface area contributed by atoms with E-state index in [-0.39, 0.29) is 0 Å². The molecule has 2 heterocycles. The first-order chi connectivity index (χ1) is 17.2. The van der Waals surface area contributed by atoms with Gasteiger partial charge in [-0.05, 0) is 47.5 Å². The summed E-state index contributed by atoms with van der Waals surface area (Å²) in [6.45, 7) is 2.22. The third-order valence-electron chi connectivity index (χ3n) is 7.37. The van der Waals surface area contributed by atoms with E-state index in [1.807, 2.05) is 0 Å². The number of fused-ring (bicyclic) bond motifs is 5. The highest BCUT2D eigenvalue weighted by Gasteiger charge is 2.22. The molecule has 0 unspecified atom stereocenters. The van der Waals surface area contributed by atoms with Gasteiger partial charge >= 0.3 is 0 Å². The maximum Gasteiger partial charge on any atom is 0.215 e. The monoisotopic (exact) mass is 449 g/mol. The molecule has 0 aliphatic carbocycles. The van der Waals surface area contributed by atoms with E-state index < -0.39 is 0 Å². The van der Waals surface area contributed by atoms with Crippen LogP contribution in [0.1, 0.15) is 5.56 Å². The van der Waals surface area contributed by atoms with Crippen molar-refractivity contribution in [2.24, 2.45) is 7.05 Å². The number of para-hydroxylation sites is 3. The van der Waals surface area contributed by atoms with Crippen molar-refractivity contribution in [2.75, 3.05) is 0 Å². The van der Waals surface area contributed by atoms with Gasteiger partial charge in [0.25, 0.3) is 0 Å². The van der Waals surface area contributed by atoms with Crippen LogP contribution in [0, 0.1) is 6.92 Å². The van der Waals surface area contributed by atoms with E-state index >= 15 is 0 Å². The Morgan fingerprint density at radius 1 is 0.571 bits per heavy atom. The van der Waals surface area contributed by atoms with E-state index in [1.165, 1.54) is 66.0 Å². The summed E-state index contributed by atoms with van der Waals surface area (Å²) in [6.07, 6.45) is 0. The highest BCUT2D eigenvalue weighted by atomic mass is 15.0. The third kappa shape index (κ3) is 2.93. The second-order valence-corrected chi connectivity index (χ2v) is 9.37. The molecule has 7 rings (SSSR count). The van der Waals surface area contributed by atoms with Crippen molar-refractivity contribution in [3.05, 3.63) is 121 Å². The van der Waals surface area contributed by atoms with E-state index in [0.29, 0.717) is 0 Å². The average Bonchev–Trinajstić information content (AvgIpc) is 3.23. The molecular formula is C33H25N2+. The largest absolute Gasteiger partial charge is 0.308 e. The minimum Gasteiger partial charge on any atom is -0.308 e. The molecule has 2 aromatic heterocycles. The van der Waals surface area contributed by atoms with Crippen LogP contribution in [0.15, 0.2) is 115 Å². The van der Waals surface area contributed by atoms with Crippen LogP contribution in [-0.4, -0.2) is 4.57 Å². The first-order valence-corrected chi connectivity index (χ1v) is 12.1. The van der Waals surface area contributed by atoms with Gasteiger partial charge in [-0.2, -0.15) is 4.57 Å². The maximum absolute atomic E-state index is 2.44. The smallest absolute Gasteiger partial charge is 0.215 e. The van der Waals surface area contributed by atoms with E-state index in [2.05, 4.69) is 138 Å². The molecule has 2 nitrogen and oxygen atoms in total. The SMILES string of the molecule is Cc1cc2ccccc2cc1-c1cc(-n2c3ccccc3c3ccccc32)c2ccccc2[n+]1C. The van der Waals surface area contributed by atoms with E-state index in [1.54, 1.807) is 0 Å². The second-order valence-electron chi connectivity index (χ2n) is 9.37. The Kier molecular flexibility index (Phi) is 4.31. The lowest BCUT2D eigenvalue weighted by Crippen LogP contribution is -2.32. The van der Waals surface area contributed by atoms with Crippen molar-refractivity contribution in [1.82, 2.24) is 4.57 Å². The molecule has 0 spiro atoms. The summed E-state index contributed by atoms with van der Waals surface area (Å²) in [7, 11) is 2.18. The summed E-state index contributed by atoms with van der Waals surface area (Å²) in [5.74, 6) is 0. The van der Waals surface area contributed by atoms with Crippen molar-refractivity contribution in [3.63, 3.8) is 0 Å².